The molecular formula is C18H14BrN3OS. The molecule has 0 unspecified atom stereocenters. The predicted octanol–water partition coefficient (Wildman–Crippen LogP) is 4.43. The summed E-state index contributed by atoms with van der Waals surface area (Å²) in [5.74, 6) is 0.326. The van der Waals surface area contributed by atoms with Gasteiger partial charge < -0.3 is 5.32 Å². The van der Waals surface area contributed by atoms with Gasteiger partial charge in [-0.3, -0.25) is 10.1 Å². The molecule has 0 atom stereocenters. The van der Waals surface area contributed by atoms with Crippen molar-refractivity contribution in [2.24, 2.45) is 0 Å². The summed E-state index contributed by atoms with van der Waals surface area (Å²) < 4.78 is 0.916. The Morgan fingerprint density at radius 1 is 1.08 bits per heavy atom. The number of pyridine rings is 1. The van der Waals surface area contributed by atoms with E-state index < -0.39 is 0 Å². The van der Waals surface area contributed by atoms with Crippen molar-refractivity contribution in [1.82, 2.24) is 10.3 Å². The van der Waals surface area contributed by atoms with Crippen LogP contribution in [0.25, 0.3) is 10.8 Å². The maximum atomic E-state index is 12.3. The first-order valence-corrected chi connectivity index (χ1v) is 8.47. The Hall–Kier alpha value is -2.31. The van der Waals surface area contributed by atoms with Crippen molar-refractivity contribution in [3.8, 4) is 0 Å². The van der Waals surface area contributed by atoms with E-state index in [1.54, 1.807) is 12.1 Å². The Morgan fingerprint density at radius 3 is 2.58 bits per heavy atom. The first-order chi connectivity index (χ1) is 11.5. The topological polar surface area (TPSA) is 54.0 Å². The van der Waals surface area contributed by atoms with Gasteiger partial charge in [0.05, 0.1) is 5.69 Å². The van der Waals surface area contributed by atoms with Crippen molar-refractivity contribution < 1.29 is 4.79 Å². The van der Waals surface area contributed by atoms with Gasteiger partial charge in [0.25, 0.3) is 5.91 Å². The number of carbonyl (C=O) groups is 1. The average molecular weight is 400 g/mol. The third-order valence-corrected chi connectivity index (χ3v) is 4.54. The molecule has 0 saturated heterocycles. The van der Waals surface area contributed by atoms with Crippen LogP contribution in [-0.4, -0.2) is 16.0 Å². The number of amides is 1. The molecule has 1 heterocycles. The SMILES string of the molecule is Cc1nc(NC(=S)NC(=O)c2ccc3ccccc3c2)ccc1Br. The standard InChI is InChI=1S/C18H14BrN3OS/c1-11-15(19)8-9-16(20-11)21-18(24)22-17(23)14-7-6-12-4-2-3-5-13(12)10-14/h2-10H,1H3,(H2,20,21,22,23,24). The van der Waals surface area contributed by atoms with Crippen LogP contribution in [0.3, 0.4) is 0 Å². The fourth-order valence-electron chi connectivity index (χ4n) is 2.27. The molecule has 0 saturated carbocycles. The van der Waals surface area contributed by atoms with Crippen molar-refractivity contribution >= 4 is 55.8 Å². The van der Waals surface area contributed by atoms with E-state index in [2.05, 4.69) is 31.5 Å². The quantitative estimate of drug-likeness (QED) is 0.625. The minimum absolute atomic E-state index is 0.211. The number of aromatic nitrogens is 1. The maximum Gasteiger partial charge on any atom is 0.257 e. The number of hydrogen-bond donors (Lipinski definition) is 2. The van der Waals surface area contributed by atoms with E-state index in [4.69, 9.17) is 12.2 Å². The molecule has 24 heavy (non-hydrogen) atoms. The van der Waals surface area contributed by atoms with Gasteiger partial charge in [-0.15, -0.1) is 0 Å². The van der Waals surface area contributed by atoms with Crippen LogP contribution in [-0.2, 0) is 0 Å². The monoisotopic (exact) mass is 399 g/mol. The van der Waals surface area contributed by atoms with Gasteiger partial charge in [-0.25, -0.2) is 4.98 Å². The molecule has 1 aromatic heterocycles. The number of fused-ring (bicyclic) bond motifs is 1. The smallest absolute Gasteiger partial charge is 0.257 e. The van der Waals surface area contributed by atoms with Crippen molar-refractivity contribution in [3.63, 3.8) is 0 Å². The lowest BCUT2D eigenvalue weighted by atomic mass is 10.1. The van der Waals surface area contributed by atoms with Crippen LogP contribution < -0.4 is 10.6 Å². The zero-order valence-electron chi connectivity index (χ0n) is 12.8. The van der Waals surface area contributed by atoms with Gasteiger partial charge in [-0.1, -0.05) is 30.3 Å². The Balaban J connectivity index is 1.70. The van der Waals surface area contributed by atoms with Crippen molar-refractivity contribution in [1.29, 1.82) is 0 Å². The Morgan fingerprint density at radius 2 is 1.83 bits per heavy atom. The van der Waals surface area contributed by atoms with Crippen LogP contribution in [0, 0.1) is 6.92 Å². The Bertz CT molecular complexity index is 942. The normalized spacial score (nSPS) is 10.4. The highest BCUT2D eigenvalue weighted by molar-refractivity contribution is 9.10. The van der Waals surface area contributed by atoms with E-state index in [1.165, 1.54) is 0 Å². The van der Waals surface area contributed by atoms with E-state index in [0.29, 0.717) is 11.4 Å². The molecule has 0 aliphatic heterocycles. The number of benzene rings is 2. The molecule has 120 valence electrons. The second-order valence-electron chi connectivity index (χ2n) is 5.23. The average Bonchev–Trinajstić information content (AvgIpc) is 2.57. The summed E-state index contributed by atoms with van der Waals surface area (Å²) in [5, 5.41) is 7.89. The maximum absolute atomic E-state index is 12.3. The van der Waals surface area contributed by atoms with E-state index in [0.717, 1.165) is 20.9 Å². The fourth-order valence-corrected chi connectivity index (χ4v) is 2.69. The van der Waals surface area contributed by atoms with Crippen molar-refractivity contribution in [2.75, 3.05) is 5.32 Å². The molecule has 2 N–H and O–H groups in total. The van der Waals surface area contributed by atoms with Crippen LogP contribution in [0.1, 0.15) is 16.1 Å². The van der Waals surface area contributed by atoms with Gasteiger partial charge >= 0.3 is 0 Å². The van der Waals surface area contributed by atoms with Crippen molar-refractivity contribution in [3.05, 3.63) is 70.3 Å². The van der Waals surface area contributed by atoms with Gasteiger partial charge in [-0.2, -0.15) is 0 Å². The lowest BCUT2D eigenvalue weighted by Gasteiger charge is -2.10. The van der Waals surface area contributed by atoms with Gasteiger partial charge in [0, 0.05) is 10.0 Å². The molecule has 0 radical (unpaired) electrons. The Kier molecular flexibility index (Phi) is 4.87. The molecule has 3 aromatic rings. The first-order valence-electron chi connectivity index (χ1n) is 7.27. The van der Waals surface area contributed by atoms with E-state index in [9.17, 15) is 4.79 Å². The summed E-state index contributed by atoms with van der Waals surface area (Å²) in [4.78, 5) is 16.7. The number of nitrogens with one attached hydrogen (secondary N) is 2. The molecule has 4 nitrogen and oxygen atoms in total. The zero-order chi connectivity index (χ0) is 17.1. The summed E-state index contributed by atoms with van der Waals surface area (Å²) in [6.45, 7) is 1.88. The Labute approximate surface area is 153 Å². The number of rotatable bonds is 2. The molecule has 0 aliphatic carbocycles. The van der Waals surface area contributed by atoms with Crippen LogP contribution in [0.2, 0.25) is 0 Å². The van der Waals surface area contributed by atoms with Crippen LogP contribution >= 0.6 is 28.1 Å². The van der Waals surface area contributed by atoms with Crippen LogP contribution in [0.5, 0.6) is 0 Å². The highest BCUT2D eigenvalue weighted by Gasteiger charge is 2.09. The lowest BCUT2D eigenvalue weighted by Crippen LogP contribution is -2.34. The second kappa shape index (κ2) is 7.07. The molecule has 0 aliphatic rings. The number of nitrogens with zero attached hydrogens (tertiary/aromatic N) is 1. The molecule has 0 bridgehead atoms. The predicted molar refractivity (Wildman–Crippen MR) is 104 cm³/mol. The molecule has 0 spiro atoms. The fraction of sp³-hybridized carbons (Fsp3) is 0.0556. The zero-order valence-corrected chi connectivity index (χ0v) is 15.2. The highest BCUT2D eigenvalue weighted by atomic mass is 79.9. The summed E-state index contributed by atoms with van der Waals surface area (Å²) in [6, 6.07) is 17.1. The van der Waals surface area contributed by atoms with Gasteiger partial charge in [0.1, 0.15) is 5.82 Å². The molecule has 3 rings (SSSR count). The summed E-state index contributed by atoms with van der Waals surface area (Å²) in [5.41, 5.74) is 1.39. The molecule has 6 heteroatoms. The van der Waals surface area contributed by atoms with Gasteiger partial charge in [0.2, 0.25) is 0 Å². The first kappa shape index (κ1) is 16.5. The summed E-state index contributed by atoms with van der Waals surface area (Å²) >= 11 is 8.58. The van der Waals surface area contributed by atoms with Gasteiger partial charge in [0.15, 0.2) is 5.11 Å². The minimum atomic E-state index is -0.257. The van der Waals surface area contributed by atoms with Crippen LogP contribution in [0.4, 0.5) is 5.82 Å². The third kappa shape index (κ3) is 3.77. The third-order valence-electron chi connectivity index (χ3n) is 3.50. The number of carbonyl (C=O) groups excluding carboxylic acids is 1. The van der Waals surface area contributed by atoms with Crippen LogP contribution in [0.15, 0.2) is 59.1 Å². The summed E-state index contributed by atoms with van der Waals surface area (Å²) in [7, 11) is 0. The molecular weight excluding hydrogens is 386 g/mol. The summed E-state index contributed by atoms with van der Waals surface area (Å²) in [6.07, 6.45) is 0. The number of aryl methyl sites for hydroxylation is 1. The van der Waals surface area contributed by atoms with Crippen molar-refractivity contribution in [2.45, 2.75) is 6.92 Å². The molecule has 0 fully saturated rings. The number of halogens is 1. The lowest BCUT2D eigenvalue weighted by molar-refractivity contribution is 0.0978. The molecule has 1 amide bonds. The van der Waals surface area contributed by atoms with E-state index in [-0.39, 0.29) is 11.0 Å². The van der Waals surface area contributed by atoms with E-state index >= 15 is 0 Å². The van der Waals surface area contributed by atoms with E-state index in [1.807, 2.05) is 49.4 Å². The number of hydrogen-bond acceptors (Lipinski definition) is 3. The minimum Gasteiger partial charge on any atom is -0.317 e. The largest absolute Gasteiger partial charge is 0.317 e. The van der Waals surface area contributed by atoms with Gasteiger partial charge in [-0.05, 0) is 70.1 Å². The highest BCUT2D eigenvalue weighted by Crippen LogP contribution is 2.17. The molecule has 2 aromatic carbocycles. The number of thiocarbonyl (C=S) groups is 1. The second-order valence-corrected chi connectivity index (χ2v) is 6.50. The number of anilines is 1.